The highest BCUT2D eigenvalue weighted by Crippen LogP contribution is 2.36. The van der Waals surface area contributed by atoms with Crippen molar-refractivity contribution in [2.45, 2.75) is 43.1 Å². The van der Waals surface area contributed by atoms with Gasteiger partial charge in [-0.3, -0.25) is 9.36 Å². The number of hydrogen-bond acceptors (Lipinski definition) is 11. The molecule has 1 fully saturated rings. The highest BCUT2D eigenvalue weighted by molar-refractivity contribution is 6.28. The highest BCUT2D eigenvalue weighted by Gasteiger charge is 2.52. The second-order valence-electron chi connectivity index (χ2n) is 8.63. The molecule has 1 unspecified atom stereocenters. The molecule has 1 saturated heterocycles. The fourth-order valence-electron chi connectivity index (χ4n) is 4.21. The van der Waals surface area contributed by atoms with Crippen molar-refractivity contribution in [1.29, 1.82) is 0 Å². The molecule has 0 aromatic carbocycles. The number of carboxylic acids is 2. The van der Waals surface area contributed by atoms with Crippen LogP contribution in [0.3, 0.4) is 0 Å². The van der Waals surface area contributed by atoms with Crippen LogP contribution in [0.25, 0.3) is 11.2 Å². The average molecular weight is 556 g/mol. The number of fused-ring (bicyclic) bond motifs is 1. The number of esters is 1. The number of hydrogen-bond donors (Lipinski definition) is 4. The predicted octanol–water partition coefficient (Wildman–Crippen LogP) is 0.648. The summed E-state index contributed by atoms with van der Waals surface area (Å²) >= 11 is 5.83. The summed E-state index contributed by atoms with van der Waals surface area (Å²) in [6.45, 7) is -0.789. The molecule has 2 aliphatic rings. The van der Waals surface area contributed by atoms with E-state index in [0.29, 0.717) is 0 Å². The number of aromatic nitrogens is 4. The number of nitrogen functional groups attached to an aromatic ring is 1. The lowest BCUT2D eigenvalue weighted by Crippen LogP contribution is -2.51. The molecule has 38 heavy (non-hydrogen) atoms. The summed E-state index contributed by atoms with van der Waals surface area (Å²) in [6, 6.07) is 0. The number of methoxy groups -OCH3 is 1. The van der Waals surface area contributed by atoms with E-state index in [4.69, 9.17) is 26.8 Å². The van der Waals surface area contributed by atoms with Crippen LogP contribution in [0.5, 0.6) is 0 Å². The van der Waals surface area contributed by atoms with Gasteiger partial charge in [-0.1, -0.05) is 18.2 Å². The van der Waals surface area contributed by atoms with Crippen molar-refractivity contribution in [3.8, 4) is 0 Å². The molecule has 3 heterocycles. The minimum absolute atomic E-state index is 0.0237. The molecule has 1 aliphatic carbocycles. The zero-order valence-corrected chi connectivity index (χ0v) is 20.5. The number of rotatable bonds is 9. The molecule has 5 N–H and O–H groups in total. The van der Waals surface area contributed by atoms with E-state index in [2.05, 4.69) is 19.7 Å². The van der Waals surface area contributed by atoms with Crippen molar-refractivity contribution in [3.05, 3.63) is 35.4 Å². The third-order valence-electron chi connectivity index (χ3n) is 6.31. The number of imidazole rings is 1. The molecule has 0 radical (unpaired) electrons. The summed E-state index contributed by atoms with van der Waals surface area (Å²) in [6.07, 6.45) is -1.74. The molecular formula is C22H23ClFN5O9. The Hall–Kier alpha value is -3.66. The van der Waals surface area contributed by atoms with Crippen molar-refractivity contribution < 1.29 is 48.3 Å². The zero-order chi connectivity index (χ0) is 27.8. The third-order valence-corrected chi connectivity index (χ3v) is 6.48. The number of nitrogens with zero attached hydrogens (tertiary/aromatic N) is 4. The molecule has 2 aromatic heterocycles. The van der Waals surface area contributed by atoms with Crippen molar-refractivity contribution in [2.24, 2.45) is 5.92 Å². The smallest absolute Gasteiger partial charge is 0.348 e. The zero-order valence-electron chi connectivity index (χ0n) is 19.7. The summed E-state index contributed by atoms with van der Waals surface area (Å²) in [5.41, 5.74) is 3.38. The Bertz CT molecular complexity index is 1320. The van der Waals surface area contributed by atoms with E-state index in [1.807, 2.05) is 0 Å². The summed E-state index contributed by atoms with van der Waals surface area (Å²) < 4.78 is 31.8. The van der Waals surface area contributed by atoms with Gasteiger partial charge in [0, 0.05) is 6.42 Å². The quantitative estimate of drug-likeness (QED) is 0.190. The number of carbonyl (C=O) groups excluding carboxylic acids is 1. The normalized spacial score (nSPS) is 25.4. The van der Waals surface area contributed by atoms with Crippen molar-refractivity contribution in [3.63, 3.8) is 0 Å². The first-order chi connectivity index (χ1) is 18.0. The van der Waals surface area contributed by atoms with Gasteiger partial charge in [-0.2, -0.15) is 9.97 Å². The molecule has 0 spiro atoms. The van der Waals surface area contributed by atoms with Crippen LogP contribution < -0.4 is 5.73 Å². The van der Waals surface area contributed by atoms with Gasteiger partial charge in [0.05, 0.1) is 26.0 Å². The van der Waals surface area contributed by atoms with Crippen LogP contribution in [-0.4, -0.2) is 90.4 Å². The van der Waals surface area contributed by atoms with Crippen LogP contribution in [0.1, 0.15) is 19.1 Å². The number of anilines is 1. The fourth-order valence-corrected chi connectivity index (χ4v) is 4.38. The van der Waals surface area contributed by atoms with Gasteiger partial charge in [0.15, 0.2) is 23.9 Å². The van der Waals surface area contributed by atoms with Crippen molar-refractivity contribution in [1.82, 2.24) is 19.5 Å². The number of carboxylic acid groups (broad SMARTS) is 2. The molecular weight excluding hydrogens is 533 g/mol. The van der Waals surface area contributed by atoms with Crippen LogP contribution in [0.15, 0.2) is 30.1 Å². The summed E-state index contributed by atoms with van der Waals surface area (Å²) in [4.78, 5) is 47.6. The lowest BCUT2D eigenvalue weighted by molar-refractivity contribution is -0.189. The Morgan fingerprint density at radius 2 is 2.03 bits per heavy atom. The Balaban J connectivity index is 1.52. The highest BCUT2D eigenvalue weighted by atomic mass is 35.5. The number of aliphatic carboxylic acids is 2. The van der Waals surface area contributed by atoms with Crippen molar-refractivity contribution in [2.75, 3.05) is 19.5 Å². The molecule has 14 nitrogen and oxygen atoms in total. The molecule has 204 valence electrons. The minimum atomic E-state index is -2.79. The maximum absolute atomic E-state index is 15.1. The molecule has 5 atom stereocenters. The van der Waals surface area contributed by atoms with Crippen LogP contribution in [0.2, 0.25) is 5.28 Å². The lowest BCUT2D eigenvalue weighted by atomic mass is 9.88. The van der Waals surface area contributed by atoms with Gasteiger partial charge in [-0.05, 0) is 23.6 Å². The Kier molecular flexibility index (Phi) is 7.64. The van der Waals surface area contributed by atoms with Crippen LogP contribution >= 0.6 is 11.6 Å². The monoisotopic (exact) mass is 555 g/mol. The maximum Gasteiger partial charge on any atom is 0.348 e. The number of aliphatic hydroxyl groups is 1. The van der Waals surface area contributed by atoms with Gasteiger partial charge < -0.3 is 35.3 Å². The predicted molar refractivity (Wildman–Crippen MR) is 125 cm³/mol. The fraction of sp³-hybridized carbons (Fsp3) is 0.455. The van der Waals surface area contributed by atoms with E-state index < -0.39 is 67.1 Å². The maximum atomic E-state index is 15.1. The number of allylic oxidation sites excluding steroid dienone is 2. The van der Waals surface area contributed by atoms with Gasteiger partial charge in [-0.15, -0.1) is 0 Å². The molecule has 0 bridgehead atoms. The molecule has 4 rings (SSSR count). The van der Waals surface area contributed by atoms with E-state index in [1.54, 1.807) is 0 Å². The standard InChI is InChI=1S/C22H23ClFN5O9/c1-36-18(31)10-4-2-9(3-5-10)6-22(19(32)33,20(34)35)37-7-11-14(30)12(24)17(38-11)29-8-26-13-15(25)27-21(23)28-16(13)29/h2-4,8,10-12,14,17,30H,5-7H2,1H3,(H,32,33)(H,34,35)(H2,25,27,28)/t10?,11-,12+,14-,17-/m1/s1. The topological polar surface area (TPSA) is 209 Å². The van der Waals surface area contributed by atoms with Gasteiger partial charge in [0.1, 0.15) is 17.7 Å². The Labute approximate surface area is 218 Å². The van der Waals surface area contributed by atoms with Gasteiger partial charge in [0.2, 0.25) is 5.28 Å². The average Bonchev–Trinajstić information content (AvgIpc) is 3.42. The Morgan fingerprint density at radius 1 is 1.32 bits per heavy atom. The third kappa shape index (κ3) is 4.92. The summed E-state index contributed by atoms with van der Waals surface area (Å²) in [5.74, 6) is -4.80. The Morgan fingerprint density at radius 3 is 2.63 bits per heavy atom. The van der Waals surface area contributed by atoms with Crippen LogP contribution in [0.4, 0.5) is 10.2 Å². The molecule has 16 heteroatoms. The number of carbonyl (C=O) groups is 3. The molecule has 1 aliphatic heterocycles. The van der Waals surface area contributed by atoms with E-state index >= 15 is 4.39 Å². The van der Waals surface area contributed by atoms with Crippen molar-refractivity contribution >= 4 is 46.5 Å². The summed E-state index contributed by atoms with van der Waals surface area (Å²) in [5, 5.41) is 29.8. The second-order valence-corrected chi connectivity index (χ2v) is 8.97. The first kappa shape index (κ1) is 27.4. The van der Waals surface area contributed by atoms with E-state index in [0.717, 1.165) is 10.9 Å². The largest absolute Gasteiger partial charge is 0.479 e. The molecule has 0 amide bonds. The van der Waals surface area contributed by atoms with Gasteiger partial charge in [0.25, 0.3) is 5.60 Å². The van der Waals surface area contributed by atoms with E-state index in [-0.39, 0.29) is 34.3 Å². The number of alkyl halides is 1. The van der Waals surface area contributed by atoms with E-state index in [9.17, 15) is 29.7 Å². The van der Waals surface area contributed by atoms with Gasteiger partial charge >= 0.3 is 17.9 Å². The number of ether oxygens (including phenoxy) is 3. The summed E-state index contributed by atoms with van der Waals surface area (Å²) in [7, 11) is 1.22. The van der Waals surface area contributed by atoms with Crippen LogP contribution in [-0.2, 0) is 28.6 Å². The number of halogens is 2. The van der Waals surface area contributed by atoms with Gasteiger partial charge in [-0.25, -0.2) is 19.0 Å². The van der Waals surface area contributed by atoms with E-state index in [1.165, 1.54) is 25.3 Å². The molecule has 0 saturated carbocycles. The molecule has 2 aromatic rings. The number of nitrogens with two attached hydrogens (primary N) is 1. The van der Waals surface area contributed by atoms with Crippen LogP contribution in [0, 0.1) is 5.92 Å². The minimum Gasteiger partial charge on any atom is -0.479 e. The first-order valence-corrected chi connectivity index (χ1v) is 11.5. The first-order valence-electron chi connectivity index (χ1n) is 11.2. The second kappa shape index (κ2) is 10.6. The number of aliphatic hydroxyl groups excluding tert-OH is 1. The SMILES string of the molecule is COC(=O)C1C=CC(CC(OC[C@H]2O[C@@H](n3cnc4c(N)nc(Cl)nc43)[C@@H](F)[C@@H]2O)(C(=O)O)C(=O)O)=CC1. The lowest BCUT2D eigenvalue weighted by Gasteiger charge is -2.28.